The number of likely N-dealkylation sites (tertiary alicyclic amines) is 1. The number of halogens is 2. The molecular formula is C16H22F2N4O2. The quantitative estimate of drug-likeness (QED) is 0.649. The topological polar surface area (TPSA) is 80.0 Å². The molecule has 0 unspecified atom stereocenters. The van der Waals surface area contributed by atoms with Crippen LogP contribution >= 0.6 is 0 Å². The van der Waals surface area contributed by atoms with Gasteiger partial charge in [0, 0.05) is 24.7 Å². The van der Waals surface area contributed by atoms with Crippen molar-refractivity contribution >= 4 is 12.1 Å². The molecule has 132 valence electrons. The number of hydrogen-bond acceptors (Lipinski definition) is 3. The molecule has 2 rings (SSSR count). The summed E-state index contributed by atoms with van der Waals surface area (Å²) in [7, 11) is 0. The largest absolute Gasteiger partial charge is 0.450 e. The van der Waals surface area contributed by atoms with Gasteiger partial charge in [0.15, 0.2) is 5.96 Å². The fourth-order valence-corrected chi connectivity index (χ4v) is 2.51. The van der Waals surface area contributed by atoms with Crippen LogP contribution in [0.2, 0.25) is 0 Å². The average molecular weight is 340 g/mol. The Labute approximate surface area is 139 Å². The lowest BCUT2D eigenvalue weighted by molar-refractivity contribution is 0.0963. The van der Waals surface area contributed by atoms with E-state index in [1.54, 1.807) is 11.8 Å². The third-order valence-corrected chi connectivity index (χ3v) is 3.80. The number of nitrogens with two attached hydrogens (primary N) is 1. The SMILES string of the molecule is CCOC(=O)N1CCC(NC(N)=NCc2cc(F)ccc2F)CC1. The standard InChI is InChI=1S/C16H22F2N4O2/c1-2-24-16(23)22-7-5-13(6-8-22)21-15(19)20-10-11-9-12(17)3-4-14(11)18/h3-4,9,13H,2,5-8,10H2,1H3,(H3,19,20,21). The Bertz CT molecular complexity index is 602. The molecule has 8 heteroatoms. The summed E-state index contributed by atoms with van der Waals surface area (Å²) in [6.07, 6.45) is 1.12. The van der Waals surface area contributed by atoms with Gasteiger partial charge in [0.25, 0.3) is 0 Å². The minimum atomic E-state index is -0.518. The molecule has 24 heavy (non-hydrogen) atoms. The smallest absolute Gasteiger partial charge is 0.409 e. The van der Waals surface area contributed by atoms with E-state index < -0.39 is 11.6 Å². The van der Waals surface area contributed by atoms with Crippen LogP contribution in [0.1, 0.15) is 25.3 Å². The summed E-state index contributed by atoms with van der Waals surface area (Å²) in [5, 5.41) is 3.05. The van der Waals surface area contributed by atoms with Gasteiger partial charge in [-0.25, -0.2) is 18.6 Å². The predicted molar refractivity (Wildman–Crippen MR) is 86.4 cm³/mol. The zero-order valence-corrected chi connectivity index (χ0v) is 13.6. The third kappa shape index (κ3) is 5.07. The number of nitrogens with zero attached hydrogens (tertiary/aromatic N) is 2. The first-order valence-electron chi connectivity index (χ1n) is 7.91. The highest BCUT2D eigenvalue weighted by Crippen LogP contribution is 2.12. The van der Waals surface area contributed by atoms with E-state index >= 15 is 0 Å². The normalized spacial score (nSPS) is 16.1. The first kappa shape index (κ1) is 18.0. The molecule has 0 aliphatic carbocycles. The maximum Gasteiger partial charge on any atom is 0.409 e. The molecule has 1 aromatic carbocycles. The van der Waals surface area contributed by atoms with Crippen LogP contribution in [0, 0.1) is 11.6 Å². The number of piperidine rings is 1. The van der Waals surface area contributed by atoms with Gasteiger partial charge in [-0.1, -0.05) is 0 Å². The van der Waals surface area contributed by atoms with Crippen LogP contribution in [-0.4, -0.2) is 42.7 Å². The summed E-state index contributed by atoms with van der Waals surface area (Å²) in [6.45, 7) is 3.23. The van der Waals surface area contributed by atoms with E-state index in [0.29, 0.717) is 32.5 Å². The Morgan fingerprint density at radius 1 is 1.42 bits per heavy atom. The summed E-state index contributed by atoms with van der Waals surface area (Å²) in [6, 6.07) is 3.30. The van der Waals surface area contributed by atoms with Crippen LogP contribution in [-0.2, 0) is 11.3 Å². The zero-order valence-electron chi connectivity index (χ0n) is 13.6. The zero-order chi connectivity index (χ0) is 17.5. The van der Waals surface area contributed by atoms with Crippen LogP contribution in [0.4, 0.5) is 13.6 Å². The third-order valence-electron chi connectivity index (χ3n) is 3.80. The molecule has 6 nitrogen and oxygen atoms in total. The number of hydrogen-bond donors (Lipinski definition) is 2. The van der Waals surface area contributed by atoms with Gasteiger partial charge in [-0.05, 0) is 38.0 Å². The maximum absolute atomic E-state index is 13.5. The molecule has 1 aliphatic heterocycles. The Balaban J connectivity index is 1.81. The summed E-state index contributed by atoms with van der Waals surface area (Å²) in [5.74, 6) is -0.858. The van der Waals surface area contributed by atoms with E-state index in [-0.39, 0.29) is 30.2 Å². The number of amides is 1. The lowest BCUT2D eigenvalue weighted by atomic mass is 10.1. The number of carbonyl (C=O) groups is 1. The minimum Gasteiger partial charge on any atom is -0.450 e. The van der Waals surface area contributed by atoms with Crippen molar-refractivity contribution in [1.29, 1.82) is 0 Å². The van der Waals surface area contributed by atoms with Gasteiger partial charge in [0.1, 0.15) is 11.6 Å². The van der Waals surface area contributed by atoms with Crippen molar-refractivity contribution in [1.82, 2.24) is 10.2 Å². The van der Waals surface area contributed by atoms with Gasteiger partial charge < -0.3 is 20.7 Å². The second kappa shape index (κ2) is 8.47. The first-order valence-corrected chi connectivity index (χ1v) is 7.91. The lowest BCUT2D eigenvalue weighted by Crippen LogP contribution is -2.48. The maximum atomic E-state index is 13.5. The molecule has 1 fully saturated rings. The van der Waals surface area contributed by atoms with Crippen LogP contribution < -0.4 is 11.1 Å². The number of ether oxygens (including phenoxy) is 1. The molecule has 1 saturated heterocycles. The van der Waals surface area contributed by atoms with Crippen molar-refractivity contribution < 1.29 is 18.3 Å². The summed E-state index contributed by atoms with van der Waals surface area (Å²) < 4.78 is 31.6. The molecule has 0 saturated carbocycles. The lowest BCUT2D eigenvalue weighted by Gasteiger charge is -2.31. The van der Waals surface area contributed by atoms with E-state index in [1.165, 1.54) is 0 Å². The highest BCUT2D eigenvalue weighted by molar-refractivity contribution is 5.78. The van der Waals surface area contributed by atoms with Crippen molar-refractivity contribution in [3.8, 4) is 0 Å². The fourth-order valence-electron chi connectivity index (χ4n) is 2.51. The van der Waals surface area contributed by atoms with E-state index in [2.05, 4.69) is 10.3 Å². The van der Waals surface area contributed by atoms with E-state index in [1.807, 2.05) is 0 Å². The average Bonchev–Trinajstić information content (AvgIpc) is 2.56. The monoisotopic (exact) mass is 340 g/mol. The Morgan fingerprint density at radius 3 is 2.79 bits per heavy atom. The van der Waals surface area contributed by atoms with Gasteiger partial charge in [-0.15, -0.1) is 0 Å². The highest BCUT2D eigenvalue weighted by atomic mass is 19.1. The molecule has 0 radical (unpaired) electrons. The number of guanidine groups is 1. The number of aliphatic imine (C=N–C) groups is 1. The Hall–Kier alpha value is -2.38. The van der Waals surface area contributed by atoms with Crippen molar-refractivity contribution in [3.05, 3.63) is 35.4 Å². The Morgan fingerprint density at radius 2 is 2.12 bits per heavy atom. The summed E-state index contributed by atoms with van der Waals surface area (Å²) >= 11 is 0. The van der Waals surface area contributed by atoms with Gasteiger partial charge in [0.2, 0.25) is 0 Å². The van der Waals surface area contributed by atoms with Crippen molar-refractivity contribution in [3.63, 3.8) is 0 Å². The van der Waals surface area contributed by atoms with Gasteiger partial charge in [-0.3, -0.25) is 0 Å². The summed E-state index contributed by atoms with van der Waals surface area (Å²) in [5.41, 5.74) is 5.95. The van der Waals surface area contributed by atoms with Crippen LogP contribution in [0.15, 0.2) is 23.2 Å². The molecule has 1 heterocycles. The van der Waals surface area contributed by atoms with Crippen molar-refractivity contribution in [2.75, 3.05) is 19.7 Å². The van der Waals surface area contributed by atoms with Crippen molar-refractivity contribution in [2.45, 2.75) is 32.4 Å². The number of benzene rings is 1. The minimum absolute atomic E-state index is 0.0376. The van der Waals surface area contributed by atoms with Crippen LogP contribution in [0.25, 0.3) is 0 Å². The second-order valence-electron chi connectivity index (χ2n) is 5.54. The molecule has 0 atom stereocenters. The molecule has 0 aromatic heterocycles. The molecule has 1 aliphatic rings. The molecule has 0 bridgehead atoms. The van der Waals surface area contributed by atoms with Gasteiger partial charge in [0.05, 0.1) is 13.2 Å². The summed E-state index contributed by atoms with van der Waals surface area (Å²) in [4.78, 5) is 17.3. The number of rotatable bonds is 4. The first-order chi connectivity index (χ1) is 11.5. The van der Waals surface area contributed by atoms with E-state index in [4.69, 9.17) is 10.5 Å². The van der Waals surface area contributed by atoms with Crippen LogP contribution in [0.5, 0.6) is 0 Å². The van der Waals surface area contributed by atoms with Crippen LogP contribution in [0.3, 0.4) is 0 Å². The van der Waals surface area contributed by atoms with Gasteiger partial charge >= 0.3 is 6.09 Å². The predicted octanol–water partition coefficient (Wildman–Crippen LogP) is 1.99. The van der Waals surface area contributed by atoms with Gasteiger partial charge in [-0.2, -0.15) is 0 Å². The second-order valence-corrected chi connectivity index (χ2v) is 5.54. The van der Waals surface area contributed by atoms with E-state index in [0.717, 1.165) is 18.2 Å². The van der Waals surface area contributed by atoms with Crippen molar-refractivity contribution in [2.24, 2.45) is 10.7 Å². The highest BCUT2D eigenvalue weighted by Gasteiger charge is 2.23. The number of carbonyl (C=O) groups excluding carboxylic acids is 1. The Kier molecular flexibility index (Phi) is 6.34. The number of nitrogens with one attached hydrogen (secondary N) is 1. The fraction of sp³-hybridized carbons (Fsp3) is 0.500. The molecular weight excluding hydrogens is 318 g/mol. The molecule has 3 N–H and O–H groups in total. The molecule has 0 spiro atoms. The molecule has 1 amide bonds. The molecule has 1 aromatic rings. The van der Waals surface area contributed by atoms with E-state index in [9.17, 15) is 13.6 Å².